The standard InChI is InChI=1S/2C47H29N3O.C39H23N3O/c1-3-13-30(14-4-1)32-27-38(31-15-5-2-6-16-31)48-45(28-32)50-40-21-11-8-19-37(40)47-42(50)26-25-41-46(47)36-18-7-10-20-39(36)49(41)33-23-24-35-34-17-9-12-22-43(34)51-44(35)29-33;1-3-13-30(14-4-1)38-27-33(28-39(48-38)31-15-5-2-6-16-31)50-41-21-11-8-19-37(41)47-43(50)26-25-42-46(47)36-18-7-10-20-40(36)49(42)32-23-24-35-34-17-9-12-22-44(34)51-45(35)29-32;1-2-10-26-24(9-1)21-22-40-39(26)42-32-15-7-4-13-30(32)38-34(42)20-19-33-37(38)29-12-3-6-14-31(29)41(33)25-17-18-28-27-11-5-8-16-35(27)43-36(28)23-25/h2*1-29H;1-23H. The molecular formula is C133H81N9O3. The zero-order chi connectivity index (χ0) is 95.0. The lowest BCUT2D eigenvalue weighted by Crippen LogP contribution is -2.00. The van der Waals surface area contributed by atoms with Crippen LogP contribution in [-0.2, 0) is 0 Å². The number of para-hydroxylation sites is 9. The van der Waals surface area contributed by atoms with Gasteiger partial charge in [-0.2, -0.15) is 0 Å². The second kappa shape index (κ2) is 32.5. The van der Waals surface area contributed by atoms with E-state index in [1.54, 1.807) is 0 Å². The summed E-state index contributed by atoms with van der Waals surface area (Å²) in [6.07, 6.45) is 1.91. The maximum absolute atomic E-state index is 6.36. The third kappa shape index (κ3) is 12.7. The molecule has 0 atom stereocenters. The van der Waals surface area contributed by atoms with Gasteiger partial charge in [-0.05, 0) is 174 Å². The Kier molecular flexibility index (Phi) is 18.2. The van der Waals surface area contributed by atoms with Gasteiger partial charge in [-0.1, -0.05) is 309 Å². The predicted octanol–water partition coefficient (Wildman–Crippen LogP) is 35.3. The third-order valence-corrected chi connectivity index (χ3v) is 29.6. The second-order valence-electron chi connectivity index (χ2n) is 37.5. The summed E-state index contributed by atoms with van der Waals surface area (Å²) in [4.78, 5) is 15.5. The Bertz CT molecular complexity index is 10400. The van der Waals surface area contributed by atoms with Gasteiger partial charge < -0.3 is 31.5 Å². The van der Waals surface area contributed by atoms with E-state index < -0.39 is 0 Å². The Morgan fingerprint density at radius 1 is 0.159 bits per heavy atom. The van der Waals surface area contributed by atoms with Crippen LogP contribution in [0.4, 0.5) is 0 Å². The van der Waals surface area contributed by atoms with Gasteiger partial charge in [-0.3, -0.25) is 9.13 Å². The SMILES string of the molecule is c1ccc(-c2cc(-c3ccccc3)nc(-n3c4ccccc4c4c5c6ccccc6n(-c6ccc7c(c6)oc6ccccc67)c5ccc43)c2)cc1.c1ccc(-c2cc(-n3c4ccccc4c4c5c6ccccc6n(-c6ccc7c(c6)oc6ccccc67)c5ccc43)cc(-c3ccccc3)n2)cc1.c1ccc2c(-n3c4ccccc4c4c5c6ccccc6n(-c6ccc7c(c6)oc6ccccc67)c5ccc43)nccc2c1. The number of nitrogens with zero attached hydrogens (tertiary/aromatic N) is 9. The highest BCUT2D eigenvalue weighted by atomic mass is 16.3. The van der Waals surface area contributed by atoms with E-state index in [1.165, 1.54) is 75.5 Å². The largest absolute Gasteiger partial charge is 0.456 e. The molecule has 0 aliphatic heterocycles. The van der Waals surface area contributed by atoms with Crippen molar-refractivity contribution in [2.45, 2.75) is 0 Å². The quantitative estimate of drug-likeness (QED) is 0.135. The van der Waals surface area contributed by atoms with Gasteiger partial charge >= 0.3 is 0 Å². The molecular weight excluding hydrogens is 1770 g/mol. The maximum atomic E-state index is 6.36. The number of fused-ring (bicyclic) bond motifs is 31. The second-order valence-corrected chi connectivity index (χ2v) is 37.5. The Morgan fingerprint density at radius 3 is 0.807 bits per heavy atom. The number of benzene rings is 20. The lowest BCUT2D eigenvalue weighted by molar-refractivity contribution is 0.668. The van der Waals surface area contributed by atoms with Gasteiger partial charge in [-0.25, -0.2) is 15.0 Å². The van der Waals surface area contributed by atoms with Crippen molar-refractivity contribution in [3.05, 3.63) is 492 Å². The number of aromatic nitrogens is 9. The van der Waals surface area contributed by atoms with Crippen molar-refractivity contribution in [2.75, 3.05) is 0 Å². The molecule has 12 heterocycles. The molecule has 20 aromatic carbocycles. The smallest absolute Gasteiger partial charge is 0.145 e. The summed E-state index contributed by atoms with van der Waals surface area (Å²) in [5, 5.41) is 23.8. The van der Waals surface area contributed by atoms with Crippen LogP contribution in [0.3, 0.4) is 0 Å². The van der Waals surface area contributed by atoms with E-state index >= 15 is 0 Å². The highest BCUT2D eigenvalue weighted by molar-refractivity contribution is 6.32. The van der Waals surface area contributed by atoms with Crippen LogP contribution in [0.5, 0.6) is 0 Å². The van der Waals surface area contributed by atoms with E-state index in [-0.39, 0.29) is 0 Å². The van der Waals surface area contributed by atoms with Crippen LogP contribution in [0.2, 0.25) is 0 Å². The first-order valence-corrected chi connectivity index (χ1v) is 49.2. The summed E-state index contributed by atoms with van der Waals surface area (Å²) in [5.41, 5.74) is 31.9. The molecule has 145 heavy (non-hydrogen) atoms. The van der Waals surface area contributed by atoms with Crippen molar-refractivity contribution in [3.8, 4) is 79.3 Å². The van der Waals surface area contributed by atoms with E-state index in [0.717, 1.165) is 211 Å². The number of hydrogen-bond acceptors (Lipinski definition) is 6. The highest BCUT2D eigenvalue weighted by Gasteiger charge is 2.29. The number of pyridine rings is 3. The minimum absolute atomic E-state index is 0.885. The fraction of sp³-hybridized carbons (Fsp3) is 0. The van der Waals surface area contributed by atoms with Gasteiger partial charge in [0.2, 0.25) is 0 Å². The topological polar surface area (TPSA) is 108 Å². The van der Waals surface area contributed by atoms with Crippen LogP contribution in [0, 0.1) is 0 Å². The molecule has 0 aliphatic rings. The molecule has 32 rings (SSSR count). The third-order valence-electron chi connectivity index (χ3n) is 29.6. The summed E-state index contributed by atoms with van der Waals surface area (Å²) in [6.45, 7) is 0. The number of rotatable bonds is 10. The first-order valence-electron chi connectivity index (χ1n) is 49.2. The van der Waals surface area contributed by atoms with Crippen LogP contribution < -0.4 is 0 Å². The van der Waals surface area contributed by atoms with E-state index in [2.05, 4.69) is 476 Å². The number of furan rings is 3. The molecule has 0 bridgehead atoms. The van der Waals surface area contributed by atoms with Crippen LogP contribution >= 0.6 is 0 Å². The molecule has 32 aromatic rings. The molecule has 0 radical (unpaired) electrons. The van der Waals surface area contributed by atoms with Crippen molar-refractivity contribution in [3.63, 3.8) is 0 Å². The van der Waals surface area contributed by atoms with Crippen LogP contribution in [0.25, 0.3) is 287 Å². The summed E-state index contributed by atoms with van der Waals surface area (Å²) < 4.78 is 33.2. The van der Waals surface area contributed by atoms with Crippen molar-refractivity contribution >= 4 is 207 Å². The average Bonchev–Trinajstić information content (AvgIpc) is 1.55. The fourth-order valence-electron chi connectivity index (χ4n) is 23.3. The Balaban J connectivity index is 0.000000101. The molecule has 0 saturated carbocycles. The molecule has 0 fully saturated rings. The van der Waals surface area contributed by atoms with Gasteiger partial charge in [0.1, 0.15) is 45.1 Å². The number of hydrogen-bond donors (Lipinski definition) is 0. The fourth-order valence-corrected chi connectivity index (χ4v) is 23.3. The average molecular weight is 1850 g/mol. The Morgan fingerprint density at radius 2 is 0.434 bits per heavy atom. The molecule has 12 nitrogen and oxygen atoms in total. The van der Waals surface area contributed by atoms with Crippen LogP contribution in [0.15, 0.2) is 505 Å². The van der Waals surface area contributed by atoms with Crippen molar-refractivity contribution in [1.29, 1.82) is 0 Å². The molecule has 0 spiro atoms. The zero-order valence-corrected chi connectivity index (χ0v) is 78.0. The van der Waals surface area contributed by atoms with Crippen LogP contribution in [-0.4, -0.2) is 42.4 Å². The summed E-state index contributed by atoms with van der Waals surface area (Å²) in [6, 6.07) is 172. The van der Waals surface area contributed by atoms with Gasteiger partial charge in [0.15, 0.2) is 0 Å². The van der Waals surface area contributed by atoms with Gasteiger partial charge in [0.05, 0.1) is 89.0 Å². The molecule has 0 saturated heterocycles. The van der Waals surface area contributed by atoms with E-state index in [0.29, 0.717) is 0 Å². The first kappa shape index (κ1) is 81.3. The van der Waals surface area contributed by atoms with Gasteiger partial charge in [0.25, 0.3) is 0 Å². The summed E-state index contributed by atoms with van der Waals surface area (Å²) in [7, 11) is 0. The maximum Gasteiger partial charge on any atom is 0.145 e. The first-order chi connectivity index (χ1) is 71.9. The highest BCUT2D eigenvalue weighted by Crippen LogP contribution is 2.50. The predicted molar refractivity (Wildman–Crippen MR) is 600 cm³/mol. The lowest BCUT2D eigenvalue weighted by Gasteiger charge is -2.13. The summed E-state index contributed by atoms with van der Waals surface area (Å²) in [5.74, 6) is 1.84. The zero-order valence-electron chi connectivity index (χ0n) is 78.0. The van der Waals surface area contributed by atoms with E-state index in [4.69, 9.17) is 28.2 Å². The van der Waals surface area contributed by atoms with Crippen molar-refractivity contribution in [2.24, 2.45) is 0 Å². The molecule has 12 aromatic heterocycles. The normalized spacial score (nSPS) is 12.0. The van der Waals surface area contributed by atoms with E-state index in [1.807, 2.05) is 42.6 Å². The van der Waals surface area contributed by atoms with Crippen LogP contribution in [0.1, 0.15) is 0 Å². The van der Waals surface area contributed by atoms with E-state index in [9.17, 15) is 0 Å². The van der Waals surface area contributed by atoms with Crippen molar-refractivity contribution < 1.29 is 13.3 Å². The monoisotopic (exact) mass is 1850 g/mol. The minimum atomic E-state index is 0.885. The van der Waals surface area contributed by atoms with Gasteiger partial charge in [0, 0.05) is 160 Å². The molecule has 0 unspecified atom stereocenters. The lowest BCUT2D eigenvalue weighted by atomic mass is 10.0. The Labute approximate surface area is 828 Å². The molecule has 0 amide bonds. The van der Waals surface area contributed by atoms with Gasteiger partial charge in [-0.15, -0.1) is 0 Å². The summed E-state index contributed by atoms with van der Waals surface area (Å²) >= 11 is 0. The van der Waals surface area contributed by atoms with Crippen molar-refractivity contribution in [1.82, 2.24) is 42.4 Å². The Hall–Kier alpha value is -19.7. The minimum Gasteiger partial charge on any atom is -0.456 e. The molecule has 676 valence electrons. The molecule has 12 heteroatoms. The molecule has 0 N–H and O–H groups in total. The molecule has 0 aliphatic carbocycles.